The molecule has 0 saturated carbocycles. The molecule has 0 spiro atoms. The number of piperidine rings is 1. The quantitative estimate of drug-likeness (QED) is 0.914. The molecule has 0 atom stereocenters. The zero-order chi connectivity index (χ0) is 15.5. The normalized spacial score (nSPS) is 16.9. The summed E-state index contributed by atoms with van der Waals surface area (Å²) in [5.41, 5.74) is 1.20. The summed E-state index contributed by atoms with van der Waals surface area (Å²) in [5.74, 6) is 0.408. The third-order valence-electron chi connectivity index (χ3n) is 4.00. The average Bonchev–Trinajstić information content (AvgIpc) is 2.48. The van der Waals surface area contributed by atoms with Crippen LogP contribution < -0.4 is 5.32 Å². The number of sulfonamides is 1. The number of benzene rings is 1. The Labute approximate surface area is 126 Å². The summed E-state index contributed by atoms with van der Waals surface area (Å²) in [6.45, 7) is 4.20. The maximum absolute atomic E-state index is 12.6. The van der Waals surface area contributed by atoms with Crippen molar-refractivity contribution in [1.29, 1.82) is 5.26 Å². The SMILES string of the molecule is Cc1cc(S(=O)(=O)N(C)CC2CCNCC2)ccc1C#N. The monoisotopic (exact) mass is 307 g/mol. The summed E-state index contributed by atoms with van der Waals surface area (Å²) in [7, 11) is -1.85. The summed E-state index contributed by atoms with van der Waals surface area (Å²) in [5, 5.41) is 12.2. The van der Waals surface area contributed by atoms with Crippen LogP contribution in [0.25, 0.3) is 0 Å². The summed E-state index contributed by atoms with van der Waals surface area (Å²) < 4.78 is 26.6. The van der Waals surface area contributed by atoms with E-state index in [9.17, 15) is 8.42 Å². The van der Waals surface area contributed by atoms with E-state index in [1.54, 1.807) is 26.1 Å². The Bertz CT molecular complexity index is 643. The molecule has 0 unspecified atom stereocenters. The van der Waals surface area contributed by atoms with Crippen molar-refractivity contribution in [3.8, 4) is 6.07 Å². The molecule has 1 N–H and O–H groups in total. The van der Waals surface area contributed by atoms with Crippen molar-refractivity contribution in [3.63, 3.8) is 0 Å². The van der Waals surface area contributed by atoms with Gasteiger partial charge in [-0.2, -0.15) is 5.26 Å². The third kappa shape index (κ3) is 3.62. The van der Waals surface area contributed by atoms with Crippen LogP contribution >= 0.6 is 0 Å². The molecule has 1 aromatic rings. The van der Waals surface area contributed by atoms with E-state index in [1.165, 1.54) is 10.4 Å². The van der Waals surface area contributed by atoms with Crippen LogP contribution in [0.5, 0.6) is 0 Å². The summed E-state index contributed by atoms with van der Waals surface area (Å²) in [6, 6.07) is 6.71. The van der Waals surface area contributed by atoms with Crippen molar-refractivity contribution >= 4 is 10.0 Å². The molecule has 0 aliphatic carbocycles. The fraction of sp³-hybridized carbons (Fsp3) is 0.533. The van der Waals surface area contributed by atoms with Crippen molar-refractivity contribution in [3.05, 3.63) is 29.3 Å². The minimum atomic E-state index is -3.48. The van der Waals surface area contributed by atoms with E-state index in [-0.39, 0.29) is 4.90 Å². The van der Waals surface area contributed by atoms with Crippen molar-refractivity contribution in [2.24, 2.45) is 5.92 Å². The number of nitrogens with zero attached hydrogens (tertiary/aromatic N) is 2. The molecule has 1 aromatic carbocycles. The average molecular weight is 307 g/mol. The first-order valence-corrected chi connectivity index (χ1v) is 8.57. The summed E-state index contributed by atoms with van der Waals surface area (Å²) >= 11 is 0. The molecule has 21 heavy (non-hydrogen) atoms. The van der Waals surface area contributed by atoms with Crippen LogP contribution in [0.15, 0.2) is 23.1 Å². The molecular weight excluding hydrogens is 286 g/mol. The van der Waals surface area contributed by atoms with Crippen molar-refractivity contribution in [1.82, 2.24) is 9.62 Å². The van der Waals surface area contributed by atoms with Crippen LogP contribution in [-0.4, -0.2) is 39.4 Å². The van der Waals surface area contributed by atoms with Crippen LogP contribution in [-0.2, 0) is 10.0 Å². The molecule has 5 nitrogen and oxygen atoms in total. The Morgan fingerprint density at radius 1 is 1.38 bits per heavy atom. The van der Waals surface area contributed by atoms with E-state index in [0.717, 1.165) is 25.9 Å². The van der Waals surface area contributed by atoms with Gasteiger partial charge in [0.25, 0.3) is 0 Å². The molecule has 0 radical (unpaired) electrons. The van der Waals surface area contributed by atoms with E-state index >= 15 is 0 Å². The van der Waals surface area contributed by atoms with Gasteiger partial charge in [-0.05, 0) is 62.5 Å². The minimum Gasteiger partial charge on any atom is -0.317 e. The number of hydrogen-bond acceptors (Lipinski definition) is 4. The number of nitrogens with one attached hydrogen (secondary N) is 1. The van der Waals surface area contributed by atoms with Gasteiger partial charge >= 0.3 is 0 Å². The van der Waals surface area contributed by atoms with Crippen molar-refractivity contribution in [2.45, 2.75) is 24.7 Å². The number of aryl methyl sites for hydroxylation is 1. The molecule has 0 aromatic heterocycles. The molecule has 0 bridgehead atoms. The van der Waals surface area contributed by atoms with Gasteiger partial charge in [-0.15, -0.1) is 0 Å². The molecule has 2 rings (SSSR count). The molecule has 6 heteroatoms. The van der Waals surface area contributed by atoms with Gasteiger partial charge in [0.15, 0.2) is 0 Å². The highest BCUT2D eigenvalue weighted by Gasteiger charge is 2.25. The van der Waals surface area contributed by atoms with Gasteiger partial charge in [0.05, 0.1) is 16.5 Å². The fourth-order valence-corrected chi connectivity index (χ4v) is 3.96. The first kappa shape index (κ1) is 16.0. The molecule has 1 fully saturated rings. The number of hydrogen-bond donors (Lipinski definition) is 1. The number of nitriles is 1. The Morgan fingerprint density at radius 2 is 2.05 bits per heavy atom. The van der Waals surface area contributed by atoms with Gasteiger partial charge in [-0.25, -0.2) is 12.7 Å². The molecule has 1 aliphatic heterocycles. The summed E-state index contributed by atoms with van der Waals surface area (Å²) in [6.07, 6.45) is 2.01. The molecule has 1 aliphatic rings. The van der Waals surface area contributed by atoms with Crippen LogP contribution in [0.2, 0.25) is 0 Å². The highest BCUT2D eigenvalue weighted by atomic mass is 32.2. The van der Waals surface area contributed by atoms with Gasteiger partial charge in [0.2, 0.25) is 10.0 Å². The topological polar surface area (TPSA) is 73.2 Å². The first-order valence-electron chi connectivity index (χ1n) is 7.13. The Morgan fingerprint density at radius 3 is 2.62 bits per heavy atom. The van der Waals surface area contributed by atoms with E-state index in [1.807, 2.05) is 0 Å². The van der Waals surface area contributed by atoms with Gasteiger partial charge in [-0.1, -0.05) is 0 Å². The zero-order valence-corrected chi connectivity index (χ0v) is 13.3. The molecule has 0 amide bonds. The first-order chi connectivity index (χ1) is 9.95. The maximum atomic E-state index is 12.6. The van der Waals surface area contributed by atoms with E-state index in [4.69, 9.17) is 5.26 Å². The van der Waals surface area contributed by atoms with Crippen molar-refractivity contribution < 1.29 is 8.42 Å². The predicted octanol–water partition coefficient (Wildman–Crippen LogP) is 1.49. The predicted molar refractivity (Wildman–Crippen MR) is 81.3 cm³/mol. The Hall–Kier alpha value is -1.42. The molecular formula is C15H21N3O2S. The third-order valence-corrected chi connectivity index (χ3v) is 5.82. The van der Waals surface area contributed by atoms with E-state index < -0.39 is 10.0 Å². The molecule has 114 valence electrons. The van der Waals surface area contributed by atoms with Gasteiger partial charge < -0.3 is 5.32 Å². The minimum absolute atomic E-state index is 0.260. The lowest BCUT2D eigenvalue weighted by atomic mass is 9.98. The van der Waals surface area contributed by atoms with E-state index in [2.05, 4.69) is 11.4 Å². The highest BCUT2D eigenvalue weighted by molar-refractivity contribution is 7.89. The standard InChI is InChI=1S/C15H21N3O2S/c1-12-9-15(4-3-14(12)10-16)21(19,20)18(2)11-13-5-7-17-8-6-13/h3-4,9,13,17H,5-8,11H2,1-2H3. The maximum Gasteiger partial charge on any atom is 0.242 e. The lowest BCUT2D eigenvalue weighted by Gasteiger charge is -2.27. The van der Waals surface area contributed by atoms with Crippen LogP contribution in [0.4, 0.5) is 0 Å². The Kier molecular flexibility index (Phi) is 4.99. The zero-order valence-electron chi connectivity index (χ0n) is 12.5. The number of rotatable bonds is 4. The largest absolute Gasteiger partial charge is 0.317 e. The van der Waals surface area contributed by atoms with Gasteiger partial charge in [0.1, 0.15) is 0 Å². The highest BCUT2D eigenvalue weighted by Crippen LogP contribution is 2.21. The lowest BCUT2D eigenvalue weighted by molar-refractivity contribution is 0.311. The van der Waals surface area contributed by atoms with Crippen LogP contribution in [0, 0.1) is 24.2 Å². The molecule has 1 saturated heterocycles. The Balaban J connectivity index is 2.16. The van der Waals surface area contributed by atoms with Gasteiger partial charge in [0, 0.05) is 13.6 Å². The second-order valence-corrected chi connectivity index (χ2v) is 7.61. The summed E-state index contributed by atoms with van der Waals surface area (Å²) in [4.78, 5) is 0.260. The van der Waals surface area contributed by atoms with Gasteiger partial charge in [-0.3, -0.25) is 0 Å². The van der Waals surface area contributed by atoms with Crippen molar-refractivity contribution in [2.75, 3.05) is 26.7 Å². The second kappa shape index (κ2) is 6.56. The fourth-order valence-electron chi connectivity index (χ4n) is 2.63. The second-order valence-electron chi connectivity index (χ2n) is 5.57. The smallest absolute Gasteiger partial charge is 0.242 e. The van der Waals surface area contributed by atoms with Crippen LogP contribution in [0.1, 0.15) is 24.0 Å². The molecule has 1 heterocycles. The van der Waals surface area contributed by atoms with E-state index in [0.29, 0.717) is 23.6 Å². The van der Waals surface area contributed by atoms with Crippen LogP contribution in [0.3, 0.4) is 0 Å². The lowest BCUT2D eigenvalue weighted by Crippen LogP contribution is -2.37.